The summed E-state index contributed by atoms with van der Waals surface area (Å²) in [6.07, 6.45) is -1.69. The number of carbonyl (C=O) groups excluding carboxylic acids is 3. The Morgan fingerprint density at radius 3 is 2.50 bits per heavy atom. The third-order valence-electron chi connectivity index (χ3n) is 9.00. The third kappa shape index (κ3) is 7.01. The Bertz CT molecular complexity index is 1040. The van der Waals surface area contributed by atoms with Gasteiger partial charge in [-0.05, 0) is 50.3 Å². The van der Waals surface area contributed by atoms with Crippen molar-refractivity contribution in [3.05, 3.63) is 35.9 Å². The molecule has 4 bridgehead atoms. The molecule has 4 saturated heterocycles. The van der Waals surface area contributed by atoms with Gasteiger partial charge in [0.15, 0.2) is 0 Å². The maximum absolute atomic E-state index is 13.4. The Balaban J connectivity index is 1.33. The van der Waals surface area contributed by atoms with E-state index in [1.165, 1.54) is 0 Å². The van der Waals surface area contributed by atoms with Gasteiger partial charge in [0.05, 0.1) is 18.6 Å². The van der Waals surface area contributed by atoms with Crippen molar-refractivity contribution >= 4 is 17.7 Å². The van der Waals surface area contributed by atoms with Crippen LogP contribution in [0, 0.1) is 11.8 Å². The van der Waals surface area contributed by atoms with Crippen molar-refractivity contribution in [1.82, 2.24) is 25.8 Å². The molecule has 4 heterocycles. The van der Waals surface area contributed by atoms with Crippen LogP contribution in [-0.2, 0) is 25.7 Å². The highest BCUT2D eigenvalue weighted by Crippen LogP contribution is 2.29. The molecule has 11 nitrogen and oxygen atoms in total. The zero-order chi connectivity index (χ0) is 28.2. The van der Waals surface area contributed by atoms with E-state index in [-0.39, 0.29) is 54.6 Å². The number of ether oxygens (including phenoxy) is 1. The number of rotatable bonds is 2. The van der Waals surface area contributed by atoms with Gasteiger partial charge in [-0.25, -0.2) is 0 Å². The summed E-state index contributed by atoms with van der Waals surface area (Å²) in [6, 6.07) is 9.34. The average Bonchev–Trinajstić information content (AvgIpc) is 3.44. The number of aliphatic hydroxyl groups excluding tert-OH is 2. The van der Waals surface area contributed by atoms with Crippen LogP contribution in [0.4, 0.5) is 0 Å². The van der Waals surface area contributed by atoms with E-state index in [9.17, 15) is 24.6 Å². The van der Waals surface area contributed by atoms with Gasteiger partial charge in [-0.15, -0.1) is 0 Å². The summed E-state index contributed by atoms with van der Waals surface area (Å²) in [5.41, 5.74) is 1.09. The largest absolute Gasteiger partial charge is 0.388 e. The lowest BCUT2D eigenvalue weighted by molar-refractivity contribution is -0.127. The maximum atomic E-state index is 13.4. The molecule has 220 valence electrons. The molecule has 4 aliphatic heterocycles. The minimum Gasteiger partial charge on any atom is -0.388 e. The molecule has 40 heavy (non-hydrogen) atoms. The van der Waals surface area contributed by atoms with Gasteiger partial charge in [-0.1, -0.05) is 30.3 Å². The number of likely N-dealkylation sites (tertiary alicyclic amines) is 2. The van der Waals surface area contributed by atoms with Gasteiger partial charge in [0.2, 0.25) is 17.7 Å². The fraction of sp³-hybridized carbons (Fsp3) is 0.690. The van der Waals surface area contributed by atoms with Crippen LogP contribution in [0.2, 0.25) is 0 Å². The summed E-state index contributed by atoms with van der Waals surface area (Å²) in [5.74, 6) is -0.0261. The molecular weight excluding hydrogens is 514 g/mol. The SMILES string of the molecule is CN1CC[C@H]2CC(=O)NC[C@H]3O[C@@H](CC(=O)N[C@@H]4C[C@@H](C(=O)NCC[C@H]2C1)N(Cc1ccccc1)C4)C(O)C3O. The van der Waals surface area contributed by atoms with Crippen LogP contribution in [-0.4, -0.2) is 114 Å². The monoisotopic (exact) mass is 557 g/mol. The topological polar surface area (TPSA) is 143 Å². The number of nitrogens with zero attached hydrogens (tertiary/aromatic N) is 2. The summed E-state index contributed by atoms with van der Waals surface area (Å²) < 4.78 is 5.83. The van der Waals surface area contributed by atoms with E-state index in [2.05, 4.69) is 32.8 Å². The molecule has 3 amide bonds. The van der Waals surface area contributed by atoms with Crippen molar-refractivity contribution in [1.29, 1.82) is 0 Å². The predicted molar refractivity (Wildman–Crippen MR) is 147 cm³/mol. The number of piperidine rings is 1. The van der Waals surface area contributed by atoms with Crippen LogP contribution >= 0.6 is 0 Å². The van der Waals surface area contributed by atoms with Gasteiger partial charge in [0, 0.05) is 45.2 Å². The van der Waals surface area contributed by atoms with E-state index in [4.69, 9.17) is 4.74 Å². The summed E-state index contributed by atoms with van der Waals surface area (Å²) in [5, 5.41) is 30.1. The lowest BCUT2D eigenvalue weighted by atomic mass is 9.81. The van der Waals surface area contributed by atoms with Crippen molar-refractivity contribution in [2.45, 2.75) is 75.1 Å². The molecule has 0 aliphatic carbocycles. The molecular formula is C29H43N5O6. The molecule has 1 aromatic rings. The number of hydrogen-bond donors (Lipinski definition) is 5. The average molecular weight is 558 g/mol. The Morgan fingerprint density at radius 1 is 0.925 bits per heavy atom. The van der Waals surface area contributed by atoms with Crippen molar-refractivity contribution in [3.8, 4) is 0 Å². The van der Waals surface area contributed by atoms with E-state index in [0.29, 0.717) is 32.5 Å². The number of carbonyl (C=O) groups is 3. The minimum atomic E-state index is -1.23. The van der Waals surface area contributed by atoms with Gasteiger partial charge in [-0.2, -0.15) is 0 Å². The molecule has 4 aliphatic rings. The predicted octanol–water partition coefficient (Wildman–Crippen LogP) is -0.781. The molecule has 0 spiro atoms. The Kier molecular flexibility index (Phi) is 9.37. The molecule has 8 atom stereocenters. The van der Waals surface area contributed by atoms with E-state index in [0.717, 1.165) is 31.5 Å². The summed E-state index contributed by atoms with van der Waals surface area (Å²) in [6.45, 7) is 3.50. The molecule has 0 aromatic heterocycles. The molecule has 1 aromatic carbocycles. The van der Waals surface area contributed by atoms with Crippen molar-refractivity contribution in [2.75, 3.05) is 39.8 Å². The fourth-order valence-corrected chi connectivity index (χ4v) is 6.79. The highest BCUT2D eigenvalue weighted by molar-refractivity contribution is 5.83. The van der Waals surface area contributed by atoms with Crippen LogP contribution in [0.25, 0.3) is 0 Å². The molecule has 0 radical (unpaired) electrons. The smallest absolute Gasteiger partial charge is 0.237 e. The Morgan fingerprint density at radius 2 is 1.70 bits per heavy atom. The standard InChI is InChI=1S/C29H43N5O6/c1-33-10-8-19-11-25(35)31-14-24-28(38)27(37)23(40-24)13-26(36)32-21-12-22(29(39)30-9-7-20(19)16-33)34(17-21)15-18-5-3-2-4-6-18/h2-6,19-24,27-28,37-38H,7-17H2,1H3,(H,30,39)(H,31,35)(H,32,36)/t19-,20-,21+,22-,23-,24+,27?,28?/m0/s1. The van der Waals surface area contributed by atoms with Gasteiger partial charge in [-0.3, -0.25) is 19.3 Å². The highest BCUT2D eigenvalue weighted by Gasteiger charge is 2.44. The third-order valence-corrected chi connectivity index (χ3v) is 9.00. The number of fused-ring (bicyclic) bond motifs is 5. The second kappa shape index (κ2) is 12.9. The second-order valence-corrected chi connectivity index (χ2v) is 12.0. The van der Waals surface area contributed by atoms with E-state index in [1.54, 1.807) is 0 Å². The van der Waals surface area contributed by atoms with Crippen LogP contribution < -0.4 is 16.0 Å². The van der Waals surface area contributed by atoms with Crippen LogP contribution in [0.3, 0.4) is 0 Å². The Hall–Kier alpha value is -2.57. The first-order valence-corrected chi connectivity index (χ1v) is 14.6. The van der Waals surface area contributed by atoms with Gasteiger partial charge >= 0.3 is 0 Å². The van der Waals surface area contributed by atoms with Gasteiger partial charge < -0.3 is 35.8 Å². The molecule has 4 fully saturated rings. The lowest BCUT2D eigenvalue weighted by Crippen LogP contribution is -2.45. The molecule has 0 saturated carbocycles. The number of amides is 3. The maximum Gasteiger partial charge on any atom is 0.237 e. The zero-order valence-corrected chi connectivity index (χ0v) is 23.2. The number of aliphatic hydroxyl groups is 2. The van der Waals surface area contributed by atoms with Crippen molar-refractivity contribution < 1.29 is 29.3 Å². The number of hydrogen-bond acceptors (Lipinski definition) is 8. The second-order valence-electron chi connectivity index (χ2n) is 12.0. The van der Waals surface area contributed by atoms with Gasteiger partial charge in [0.25, 0.3) is 0 Å². The van der Waals surface area contributed by atoms with Gasteiger partial charge in [0.1, 0.15) is 18.3 Å². The normalized spacial score (nSPS) is 36.9. The number of benzene rings is 1. The molecule has 5 N–H and O–H groups in total. The first-order valence-electron chi connectivity index (χ1n) is 14.6. The summed E-state index contributed by atoms with van der Waals surface area (Å²) in [4.78, 5) is 43.6. The van der Waals surface area contributed by atoms with Crippen LogP contribution in [0.1, 0.15) is 37.7 Å². The molecule has 2 unspecified atom stereocenters. The summed E-state index contributed by atoms with van der Waals surface area (Å²) >= 11 is 0. The summed E-state index contributed by atoms with van der Waals surface area (Å²) in [7, 11) is 2.08. The van der Waals surface area contributed by atoms with E-state index < -0.39 is 24.4 Å². The van der Waals surface area contributed by atoms with Crippen LogP contribution in [0.5, 0.6) is 0 Å². The van der Waals surface area contributed by atoms with E-state index >= 15 is 0 Å². The van der Waals surface area contributed by atoms with E-state index in [1.807, 2.05) is 30.3 Å². The molecule has 5 rings (SSSR count). The highest BCUT2D eigenvalue weighted by atomic mass is 16.5. The Labute approximate surface area is 235 Å². The zero-order valence-electron chi connectivity index (χ0n) is 23.2. The first kappa shape index (κ1) is 28.9. The van der Waals surface area contributed by atoms with Crippen molar-refractivity contribution in [3.63, 3.8) is 0 Å². The molecule has 11 heteroatoms. The lowest BCUT2D eigenvalue weighted by Gasteiger charge is -2.37. The quantitative estimate of drug-likeness (QED) is 0.319. The van der Waals surface area contributed by atoms with Crippen molar-refractivity contribution in [2.24, 2.45) is 11.8 Å². The fourth-order valence-electron chi connectivity index (χ4n) is 6.79. The first-order chi connectivity index (χ1) is 19.3. The van der Waals surface area contributed by atoms with Crippen LogP contribution in [0.15, 0.2) is 30.3 Å². The number of nitrogens with one attached hydrogen (secondary N) is 3. The minimum absolute atomic E-state index is 0.0513.